The van der Waals surface area contributed by atoms with Crippen molar-refractivity contribution in [1.29, 1.82) is 0 Å². The third-order valence-electron chi connectivity index (χ3n) is 3.12. The van der Waals surface area contributed by atoms with Crippen LogP contribution in [0.1, 0.15) is 31.2 Å². The number of ether oxygens (including phenoxy) is 1. The first-order chi connectivity index (χ1) is 8.54. The lowest BCUT2D eigenvalue weighted by Crippen LogP contribution is -2.33. The number of rotatable bonds is 8. The Morgan fingerprint density at radius 3 is 2.78 bits per heavy atom. The summed E-state index contributed by atoms with van der Waals surface area (Å²) in [6, 6.07) is 1.96. The van der Waals surface area contributed by atoms with Crippen LogP contribution in [0.15, 0.2) is 6.07 Å². The summed E-state index contributed by atoms with van der Waals surface area (Å²) in [6.45, 7) is 2.64. The van der Waals surface area contributed by atoms with E-state index in [2.05, 4.69) is 5.10 Å². The van der Waals surface area contributed by atoms with Gasteiger partial charge in [-0.2, -0.15) is 5.10 Å². The molecule has 0 spiro atoms. The van der Waals surface area contributed by atoms with Gasteiger partial charge in [-0.05, 0) is 31.9 Å². The highest BCUT2D eigenvalue weighted by molar-refractivity contribution is 5.13. The molecule has 1 atom stereocenters. The van der Waals surface area contributed by atoms with Crippen molar-refractivity contribution < 1.29 is 9.13 Å². The predicted octanol–water partition coefficient (Wildman–Crippen LogP) is 1.62. The lowest BCUT2D eigenvalue weighted by Gasteiger charge is -2.24. The fourth-order valence-corrected chi connectivity index (χ4v) is 2.12. The molecular formula is C13H24FN3O. The zero-order valence-corrected chi connectivity index (χ0v) is 11.6. The molecule has 0 saturated heterocycles. The number of aromatic nitrogens is 2. The number of nitrogens with zero attached hydrogens (tertiary/aromatic N) is 2. The van der Waals surface area contributed by atoms with Crippen molar-refractivity contribution in [3.8, 4) is 0 Å². The van der Waals surface area contributed by atoms with E-state index in [-0.39, 0.29) is 6.61 Å². The lowest BCUT2D eigenvalue weighted by molar-refractivity contribution is 0.0321. The summed E-state index contributed by atoms with van der Waals surface area (Å²) in [7, 11) is 3.38. The van der Waals surface area contributed by atoms with E-state index in [1.165, 1.54) is 7.11 Å². The molecule has 1 aromatic rings. The molecule has 1 rings (SSSR count). The Balaban J connectivity index is 2.77. The van der Waals surface area contributed by atoms with Gasteiger partial charge in [-0.1, -0.05) is 6.92 Å². The number of methoxy groups -OCH3 is 1. The molecule has 0 radical (unpaired) electrons. The Morgan fingerprint density at radius 2 is 2.28 bits per heavy atom. The molecule has 0 aromatic carbocycles. The van der Waals surface area contributed by atoms with E-state index in [9.17, 15) is 4.39 Å². The van der Waals surface area contributed by atoms with Gasteiger partial charge in [0.15, 0.2) is 0 Å². The summed E-state index contributed by atoms with van der Waals surface area (Å²) < 4.78 is 21.5. The minimum absolute atomic E-state index is 0.0969. The van der Waals surface area contributed by atoms with Crippen LogP contribution in [-0.2, 0) is 24.6 Å². The Kier molecular flexibility index (Phi) is 5.75. The van der Waals surface area contributed by atoms with Crippen LogP contribution in [0.2, 0.25) is 0 Å². The SMILES string of the molecule is CCc1cc(CC(F)(CCCN)COC)n(C)n1. The molecule has 104 valence electrons. The second-order valence-electron chi connectivity index (χ2n) is 4.76. The second kappa shape index (κ2) is 6.85. The number of hydrogen-bond donors (Lipinski definition) is 1. The smallest absolute Gasteiger partial charge is 0.139 e. The van der Waals surface area contributed by atoms with Crippen molar-refractivity contribution in [2.45, 2.75) is 38.3 Å². The molecule has 18 heavy (non-hydrogen) atoms. The molecule has 4 nitrogen and oxygen atoms in total. The van der Waals surface area contributed by atoms with E-state index in [1.54, 1.807) is 4.68 Å². The summed E-state index contributed by atoms with van der Waals surface area (Å²) in [6.07, 6.45) is 2.27. The Hall–Kier alpha value is -0.940. The molecule has 0 aliphatic rings. The Morgan fingerprint density at radius 1 is 1.56 bits per heavy atom. The molecule has 0 fully saturated rings. The maximum atomic E-state index is 14.7. The highest BCUT2D eigenvalue weighted by Gasteiger charge is 2.30. The third-order valence-corrected chi connectivity index (χ3v) is 3.12. The lowest BCUT2D eigenvalue weighted by atomic mass is 9.94. The van der Waals surface area contributed by atoms with Crippen LogP contribution in [0.4, 0.5) is 4.39 Å². The number of nitrogens with two attached hydrogens (primary N) is 1. The van der Waals surface area contributed by atoms with Crippen LogP contribution in [-0.4, -0.2) is 35.7 Å². The molecule has 0 aliphatic carbocycles. The van der Waals surface area contributed by atoms with E-state index in [0.29, 0.717) is 25.8 Å². The van der Waals surface area contributed by atoms with Crippen LogP contribution in [0.3, 0.4) is 0 Å². The van der Waals surface area contributed by atoms with Gasteiger partial charge in [0.05, 0.1) is 12.3 Å². The normalized spacial score (nSPS) is 14.7. The van der Waals surface area contributed by atoms with Gasteiger partial charge in [0, 0.05) is 26.3 Å². The van der Waals surface area contributed by atoms with Crippen molar-refractivity contribution >= 4 is 0 Å². The maximum Gasteiger partial charge on any atom is 0.139 e. The van der Waals surface area contributed by atoms with E-state index in [0.717, 1.165) is 17.8 Å². The van der Waals surface area contributed by atoms with E-state index in [1.807, 2.05) is 20.0 Å². The monoisotopic (exact) mass is 257 g/mol. The van der Waals surface area contributed by atoms with Crippen LogP contribution < -0.4 is 5.73 Å². The molecular weight excluding hydrogens is 233 g/mol. The van der Waals surface area contributed by atoms with Crippen LogP contribution in [0, 0.1) is 0 Å². The second-order valence-corrected chi connectivity index (χ2v) is 4.76. The molecule has 1 unspecified atom stereocenters. The average molecular weight is 257 g/mol. The summed E-state index contributed by atoms with van der Waals surface area (Å²) in [5.41, 5.74) is 6.00. The minimum Gasteiger partial charge on any atom is -0.381 e. The standard InChI is InChI=1S/C13H24FN3O/c1-4-11-8-12(17(2)16-11)9-13(14,10-18-3)6-5-7-15/h8H,4-7,9-10,15H2,1-3H3. The van der Waals surface area contributed by atoms with Gasteiger partial charge in [-0.25, -0.2) is 4.39 Å². The number of aryl methyl sites for hydroxylation is 2. The van der Waals surface area contributed by atoms with E-state index in [4.69, 9.17) is 10.5 Å². The van der Waals surface area contributed by atoms with Crippen molar-refractivity contribution in [2.75, 3.05) is 20.3 Å². The topological polar surface area (TPSA) is 53.1 Å². The van der Waals surface area contributed by atoms with Crippen LogP contribution >= 0.6 is 0 Å². The zero-order valence-electron chi connectivity index (χ0n) is 11.6. The molecule has 0 saturated carbocycles. The van der Waals surface area contributed by atoms with Gasteiger partial charge in [0.2, 0.25) is 0 Å². The summed E-state index contributed by atoms with van der Waals surface area (Å²) in [5, 5.41) is 4.34. The Labute approximate surface area is 108 Å². The zero-order chi connectivity index (χ0) is 13.6. The maximum absolute atomic E-state index is 14.7. The van der Waals surface area contributed by atoms with Gasteiger partial charge < -0.3 is 10.5 Å². The summed E-state index contributed by atoms with van der Waals surface area (Å²) in [4.78, 5) is 0. The molecule has 5 heteroatoms. The van der Waals surface area contributed by atoms with E-state index >= 15 is 0 Å². The fourth-order valence-electron chi connectivity index (χ4n) is 2.12. The number of alkyl halides is 1. The Bertz CT molecular complexity index is 367. The predicted molar refractivity (Wildman–Crippen MR) is 70.3 cm³/mol. The third kappa shape index (κ3) is 4.07. The molecule has 0 bridgehead atoms. The highest BCUT2D eigenvalue weighted by Crippen LogP contribution is 2.24. The fraction of sp³-hybridized carbons (Fsp3) is 0.769. The van der Waals surface area contributed by atoms with Gasteiger partial charge in [-0.3, -0.25) is 4.68 Å². The van der Waals surface area contributed by atoms with Crippen molar-refractivity contribution in [2.24, 2.45) is 12.8 Å². The number of hydrogen-bond acceptors (Lipinski definition) is 3. The molecule has 1 heterocycles. The van der Waals surface area contributed by atoms with Gasteiger partial charge in [0.25, 0.3) is 0 Å². The van der Waals surface area contributed by atoms with E-state index < -0.39 is 5.67 Å². The average Bonchev–Trinajstić information content (AvgIpc) is 2.68. The van der Waals surface area contributed by atoms with Gasteiger partial charge in [-0.15, -0.1) is 0 Å². The van der Waals surface area contributed by atoms with Gasteiger partial charge >= 0.3 is 0 Å². The quantitative estimate of drug-likeness (QED) is 0.770. The number of halogens is 1. The first-order valence-electron chi connectivity index (χ1n) is 6.44. The summed E-state index contributed by atoms with van der Waals surface area (Å²) >= 11 is 0. The first kappa shape index (κ1) is 15.1. The van der Waals surface area contributed by atoms with Crippen LogP contribution in [0.5, 0.6) is 0 Å². The summed E-state index contributed by atoms with van der Waals surface area (Å²) in [5.74, 6) is 0. The molecule has 2 N–H and O–H groups in total. The largest absolute Gasteiger partial charge is 0.381 e. The molecule has 0 aliphatic heterocycles. The van der Waals surface area contributed by atoms with Crippen molar-refractivity contribution in [3.63, 3.8) is 0 Å². The van der Waals surface area contributed by atoms with Crippen molar-refractivity contribution in [1.82, 2.24) is 9.78 Å². The molecule has 1 aromatic heterocycles. The van der Waals surface area contributed by atoms with Crippen LogP contribution in [0.25, 0.3) is 0 Å². The highest BCUT2D eigenvalue weighted by atomic mass is 19.1. The van der Waals surface area contributed by atoms with Crippen molar-refractivity contribution in [3.05, 3.63) is 17.5 Å². The minimum atomic E-state index is -1.35. The van der Waals surface area contributed by atoms with Gasteiger partial charge in [0.1, 0.15) is 5.67 Å². The first-order valence-corrected chi connectivity index (χ1v) is 6.44. The molecule has 0 amide bonds.